The molecule has 4 nitrogen and oxygen atoms in total. The number of hydrogen-bond donors (Lipinski definition) is 1. The number of H-pyrrole nitrogens is 1. The number of carbonyl (C=O) groups excluding carboxylic acids is 1. The zero-order valence-electron chi connectivity index (χ0n) is 12.3. The SMILES string of the molecule is C[C@H](C1CCN(C(=O)c2cc[nH]c2)CC1)N1CCCC1. The molecule has 1 aromatic heterocycles. The highest BCUT2D eigenvalue weighted by atomic mass is 16.2. The highest BCUT2D eigenvalue weighted by Gasteiger charge is 2.30. The standard InChI is InChI=1S/C16H25N3O/c1-13(18-8-2-3-9-18)14-5-10-19(11-6-14)16(20)15-4-7-17-12-15/h4,7,12-14,17H,2-3,5-6,8-11H2,1H3/t13-/m1/s1. The van der Waals surface area contributed by atoms with Gasteiger partial charge in [-0.15, -0.1) is 0 Å². The quantitative estimate of drug-likeness (QED) is 0.919. The van der Waals surface area contributed by atoms with Gasteiger partial charge in [-0.1, -0.05) is 0 Å². The van der Waals surface area contributed by atoms with Gasteiger partial charge in [0.25, 0.3) is 5.91 Å². The van der Waals surface area contributed by atoms with Crippen LogP contribution in [0.15, 0.2) is 18.5 Å². The molecule has 0 radical (unpaired) electrons. The first kappa shape index (κ1) is 13.7. The maximum Gasteiger partial charge on any atom is 0.255 e. The number of rotatable bonds is 3. The third kappa shape index (κ3) is 2.75. The lowest BCUT2D eigenvalue weighted by atomic mass is 9.89. The van der Waals surface area contributed by atoms with Gasteiger partial charge in [0, 0.05) is 31.5 Å². The van der Waals surface area contributed by atoms with Crippen LogP contribution in [-0.4, -0.2) is 52.9 Å². The highest BCUT2D eigenvalue weighted by Crippen LogP contribution is 2.27. The number of nitrogens with one attached hydrogen (secondary N) is 1. The van der Waals surface area contributed by atoms with E-state index < -0.39 is 0 Å². The Morgan fingerprint density at radius 2 is 1.95 bits per heavy atom. The third-order valence-electron chi connectivity index (χ3n) is 5.07. The molecule has 2 aliphatic heterocycles. The topological polar surface area (TPSA) is 39.3 Å². The molecule has 1 amide bonds. The molecular formula is C16H25N3O. The van der Waals surface area contributed by atoms with Gasteiger partial charge in [-0.05, 0) is 57.7 Å². The molecule has 2 fully saturated rings. The van der Waals surface area contributed by atoms with Crippen LogP contribution in [0.4, 0.5) is 0 Å². The average Bonchev–Trinajstić information content (AvgIpc) is 3.18. The minimum absolute atomic E-state index is 0.179. The monoisotopic (exact) mass is 275 g/mol. The second kappa shape index (κ2) is 6.00. The van der Waals surface area contributed by atoms with Gasteiger partial charge in [0.15, 0.2) is 0 Å². The molecule has 0 unspecified atom stereocenters. The maximum atomic E-state index is 12.3. The Morgan fingerprint density at radius 1 is 1.25 bits per heavy atom. The molecule has 1 aromatic rings. The summed E-state index contributed by atoms with van der Waals surface area (Å²) in [5.74, 6) is 0.932. The van der Waals surface area contributed by atoms with Crippen molar-refractivity contribution in [2.24, 2.45) is 5.92 Å². The number of nitrogens with zero attached hydrogens (tertiary/aromatic N) is 2. The fourth-order valence-electron chi connectivity index (χ4n) is 3.67. The van der Waals surface area contributed by atoms with Gasteiger partial charge in [-0.3, -0.25) is 4.79 Å². The maximum absolute atomic E-state index is 12.3. The average molecular weight is 275 g/mol. The van der Waals surface area contributed by atoms with Crippen LogP contribution in [0.2, 0.25) is 0 Å². The number of aromatic nitrogens is 1. The van der Waals surface area contributed by atoms with Gasteiger partial charge in [0.05, 0.1) is 5.56 Å². The van der Waals surface area contributed by atoms with Crippen molar-refractivity contribution in [2.45, 2.75) is 38.6 Å². The van der Waals surface area contributed by atoms with E-state index in [-0.39, 0.29) is 5.91 Å². The van der Waals surface area contributed by atoms with Gasteiger partial charge in [-0.25, -0.2) is 0 Å². The molecule has 4 heteroatoms. The van der Waals surface area contributed by atoms with Crippen LogP contribution in [-0.2, 0) is 0 Å². The zero-order valence-corrected chi connectivity index (χ0v) is 12.3. The molecular weight excluding hydrogens is 250 g/mol. The lowest BCUT2D eigenvalue weighted by Gasteiger charge is -2.38. The van der Waals surface area contributed by atoms with Crippen LogP contribution in [0.3, 0.4) is 0 Å². The molecule has 0 bridgehead atoms. The third-order valence-corrected chi connectivity index (χ3v) is 5.07. The molecule has 0 spiro atoms. The van der Waals surface area contributed by atoms with Gasteiger partial charge >= 0.3 is 0 Å². The molecule has 3 heterocycles. The van der Waals surface area contributed by atoms with Crippen LogP contribution >= 0.6 is 0 Å². The van der Waals surface area contributed by atoms with E-state index in [2.05, 4.69) is 16.8 Å². The Morgan fingerprint density at radius 3 is 2.55 bits per heavy atom. The Balaban J connectivity index is 1.53. The number of aromatic amines is 1. The molecule has 0 aliphatic carbocycles. The fourth-order valence-corrected chi connectivity index (χ4v) is 3.67. The Kier molecular flexibility index (Phi) is 4.10. The number of hydrogen-bond acceptors (Lipinski definition) is 2. The molecule has 3 rings (SSSR count). The molecule has 0 saturated carbocycles. The van der Waals surface area contributed by atoms with E-state index in [9.17, 15) is 4.79 Å². The number of piperidine rings is 1. The van der Waals surface area contributed by atoms with E-state index >= 15 is 0 Å². The molecule has 1 atom stereocenters. The predicted octanol–water partition coefficient (Wildman–Crippen LogP) is 2.35. The summed E-state index contributed by atoms with van der Waals surface area (Å²) >= 11 is 0. The van der Waals surface area contributed by atoms with E-state index in [0.29, 0.717) is 6.04 Å². The Hall–Kier alpha value is -1.29. The first-order chi connectivity index (χ1) is 9.75. The van der Waals surface area contributed by atoms with Crippen molar-refractivity contribution in [1.29, 1.82) is 0 Å². The lowest BCUT2D eigenvalue weighted by Crippen LogP contribution is -2.44. The highest BCUT2D eigenvalue weighted by molar-refractivity contribution is 5.94. The van der Waals surface area contributed by atoms with Crippen LogP contribution in [0.1, 0.15) is 43.0 Å². The van der Waals surface area contributed by atoms with E-state index in [4.69, 9.17) is 0 Å². The number of likely N-dealkylation sites (tertiary alicyclic amines) is 2. The van der Waals surface area contributed by atoms with Crippen molar-refractivity contribution < 1.29 is 4.79 Å². The van der Waals surface area contributed by atoms with Crippen LogP contribution in [0, 0.1) is 5.92 Å². The predicted molar refractivity (Wildman–Crippen MR) is 79.7 cm³/mol. The van der Waals surface area contributed by atoms with Crippen LogP contribution < -0.4 is 0 Å². The minimum atomic E-state index is 0.179. The summed E-state index contributed by atoms with van der Waals surface area (Å²) < 4.78 is 0. The van der Waals surface area contributed by atoms with Crippen molar-refractivity contribution in [3.63, 3.8) is 0 Å². The first-order valence-electron chi connectivity index (χ1n) is 7.92. The first-order valence-corrected chi connectivity index (χ1v) is 7.92. The minimum Gasteiger partial charge on any atom is -0.367 e. The molecule has 20 heavy (non-hydrogen) atoms. The van der Waals surface area contributed by atoms with E-state index in [1.54, 1.807) is 6.20 Å². The summed E-state index contributed by atoms with van der Waals surface area (Å²) in [5.41, 5.74) is 0.788. The van der Waals surface area contributed by atoms with E-state index in [0.717, 1.165) is 37.4 Å². The van der Waals surface area contributed by atoms with Crippen LogP contribution in [0.5, 0.6) is 0 Å². The van der Waals surface area contributed by atoms with Crippen molar-refractivity contribution >= 4 is 5.91 Å². The summed E-state index contributed by atoms with van der Waals surface area (Å²) in [6, 6.07) is 2.54. The summed E-state index contributed by atoms with van der Waals surface area (Å²) in [4.78, 5) is 19.9. The lowest BCUT2D eigenvalue weighted by molar-refractivity contribution is 0.0624. The van der Waals surface area contributed by atoms with Gasteiger partial charge in [0.2, 0.25) is 0 Å². The van der Waals surface area contributed by atoms with Crippen molar-refractivity contribution in [1.82, 2.24) is 14.8 Å². The van der Waals surface area contributed by atoms with Gasteiger partial charge in [0.1, 0.15) is 0 Å². The summed E-state index contributed by atoms with van der Waals surface area (Å²) in [5, 5.41) is 0. The molecule has 1 N–H and O–H groups in total. The van der Waals surface area contributed by atoms with Crippen molar-refractivity contribution in [3.05, 3.63) is 24.0 Å². The summed E-state index contributed by atoms with van der Waals surface area (Å²) in [7, 11) is 0. The van der Waals surface area contributed by atoms with Crippen molar-refractivity contribution in [2.75, 3.05) is 26.2 Å². The second-order valence-electron chi connectivity index (χ2n) is 6.21. The smallest absolute Gasteiger partial charge is 0.255 e. The zero-order chi connectivity index (χ0) is 13.9. The van der Waals surface area contributed by atoms with Crippen molar-refractivity contribution in [3.8, 4) is 0 Å². The molecule has 0 aromatic carbocycles. The van der Waals surface area contributed by atoms with Gasteiger partial charge in [-0.2, -0.15) is 0 Å². The summed E-state index contributed by atoms with van der Waals surface area (Å²) in [6.07, 6.45) is 8.61. The van der Waals surface area contributed by atoms with Crippen LogP contribution in [0.25, 0.3) is 0 Å². The second-order valence-corrected chi connectivity index (χ2v) is 6.21. The largest absolute Gasteiger partial charge is 0.367 e. The fraction of sp³-hybridized carbons (Fsp3) is 0.688. The number of carbonyl (C=O) groups is 1. The van der Waals surface area contributed by atoms with Gasteiger partial charge < -0.3 is 14.8 Å². The Labute approximate surface area is 121 Å². The Bertz CT molecular complexity index is 429. The summed E-state index contributed by atoms with van der Waals surface area (Å²) in [6.45, 7) is 6.73. The molecule has 2 saturated heterocycles. The van der Waals surface area contributed by atoms with E-state index in [1.165, 1.54) is 25.9 Å². The van der Waals surface area contributed by atoms with E-state index in [1.807, 2.05) is 17.2 Å². The number of amides is 1. The molecule has 110 valence electrons. The normalized spacial score (nSPS) is 23.1. The molecule has 2 aliphatic rings.